The summed E-state index contributed by atoms with van der Waals surface area (Å²) in [6.07, 6.45) is 0.337. The standard InChI is InChI=1S/C13H21NO2.ClH/c1-4-12(15)13(14)10-5-7-11(8-6-10)16-9(2)3;/h5-9,12-13,15H,4,14H2,1-3H3;1H/t12-,13+;/m1./s1. The van der Waals surface area contributed by atoms with Gasteiger partial charge in [-0.1, -0.05) is 19.1 Å². The van der Waals surface area contributed by atoms with E-state index in [0.717, 1.165) is 11.3 Å². The van der Waals surface area contributed by atoms with Crippen molar-refractivity contribution >= 4 is 12.4 Å². The molecule has 0 aliphatic rings. The molecule has 4 heteroatoms. The minimum atomic E-state index is -0.489. The van der Waals surface area contributed by atoms with Gasteiger partial charge in [0.2, 0.25) is 0 Å². The van der Waals surface area contributed by atoms with Gasteiger partial charge in [-0.2, -0.15) is 0 Å². The Morgan fingerprint density at radius 2 is 1.76 bits per heavy atom. The number of rotatable bonds is 5. The fraction of sp³-hybridized carbons (Fsp3) is 0.538. The number of halogens is 1. The van der Waals surface area contributed by atoms with Gasteiger partial charge in [-0.15, -0.1) is 12.4 Å². The van der Waals surface area contributed by atoms with E-state index < -0.39 is 6.10 Å². The fourth-order valence-corrected chi connectivity index (χ4v) is 1.52. The largest absolute Gasteiger partial charge is 0.491 e. The van der Waals surface area contributed by atoms with Gasteiger partial charge >= 0.3 is 0 Å². The highest BCUT2D eigenvalue weighted by atomic mass is 35.5. The summed E-state index contributed by atoms with van der Waals surface area (Å²) in [7, 11) is 0. The van der Waals surface area contributed by atoms with Crippen LogP contribution >= 0.6 is 12.4 Å². The summed E-state index contributed by atoms with van der Waals surface area (Å²) in [6.45, 7) is 5.89. The molecule has 0 aliphatic heterocycles. The van der Waals surface area contributed by atoms with Gasteiger partial charge in [-0.3, -0.25) is 0 Å². The van der Waals surface area contributed by atoms with Gasteiger partial charge in [0.1, 0.15) is 5.75 Å². The van der Waals surface area contributed by atoms with Crippen LogP contribution in [0.4, 0.5) is 0 Å². The minimum absolute atomic E-state index is 0. The number of hydrogen-bond donors (Lipinski definition) is 2. The maximum absolute atomic E-state index is 9.64. The highest BCUT2D eigenvalue weighted by molar-refractivity contribution is 5.85. The van der Waals surface area contributed by atoms with Gasteiger partial charge in [0.25, 0.3) is 0 Å². The Balaban J connectivity index is 0.00000256. The van der Waals surface area contributed by atoms with Crippen LogP contribution in [0.25, 0.3) is 0 Å². The number of aliphatic hydroxyl groups is 1. The smallest absolute Gasteiger partial charge is 0.119 e. The molecule has 3 N–H and O–H groups in total. The molecule has 1 aromatic carbocycles. The molecule has 1 aromatic rings. The Labute approximate surface area is 109 Å². The average molecular weight is 260 g/mol. The van der Waals surface area contributed by atoms with Gasteiger partial charge in [0.15, 0.2) is 0 Å². The van der Waals surface area contributed by atoms with Crippen LogP contribution in [0.5, 0.6) is 5.75 Å². The van der Waals surface area contributed by atoms with Gasteiger partial charge in [-0.25, -0.2) is 0 Å². The second-order valence-corrected chi connectivity index (χ2v) is 4.24. The van der Waals surface area contributed by atoms with Crippen molar-refractivity contribution < 1.29 is 9.84 Å². The average Bonchev–Trinajstić information content (AvgIpc) is 2.27. The van der Waals surface area contributed by atoms with E-state index in [1.54, 1.807) is 0 Å². The van der Waals surface area contributed by atoms with Crippen LogP contribution in [0.1, 0.15) is 38.8 Å². The fourth-order valence-electron chi connectivity index (χ4n) is 1.52. The molecule has 0 radical (unpaired) electrons. The monoisotopic (exact) mass is 259 g/mol. The first-order valence-corrected chi connectivity index (χ1v) is 5.74. The zero-order valence-corrected chi connectivity index (χ0v) is 11.4. The molecule has 3 nitrogen and oxygen atoms in total. The lowest BCUT2D eigenvalue weighted by atomic mass is 10.0. The lowest BCUT2D eigenvalue weighted by molar-refractivity contribution is 0.140. The van der Waals surface area contributed by atoms with Crippen LogP contribution in [0, 0.1) is 0 Å². The second-order valence-electron chi connectivity index (χ2n) is 4.24. The number of aliphatic hydroxyl groups excluding tert-OH is 1. The summed E-state index contributed by atoms with van der Waals surface area (Å²) in [6, 6.07) is 7.26. The maximum atomic E-state index is 9.64. The molecule has 0 aromatic heterocycles. The Hall–Kier alpha value is -0.770. The molecule has 0 heterocycles. The van der Waals surface area contributed by atoms with Crippen molar-refractivity contribution in [1.82, 2.24) is 0 Å². The second kappa shape index (κ2) is 7.54. The van der Waals surface area contributed by atoms with E-state index in [9.17, 15) is 5.11 Å². The molecule has 0 spiro atoms. The van der Waals surface area contributed by atoms with Crippen molar-refractivity contribution in [1.29, 1.82) is 0 Å². The van der Waals surface area contributed by atoms with E-state index in [1.165, 1.54) is 0 Å². The molecule has 0 saturated carbocycles. The highest BCUT2D eigenvalue weighted by Gasteiger charge is 2.14. The van der Waals surface area contributed by atoms with Crippen LogP contribution in [-0.2, 0) is 0 Å². The SMILES string of the molecule is CC[C@@H](O)[C@@H](N)c1ccc(OC(C)C)cc1.Cl. The molecule has 0 aliphatic carbocycles. The third kappa shape index (κ3) is 4.94. The van der Waals surface area contributed by atoms with Crippen LogP contribution in [0.15, 0.2) is 24.3 Å². The van der Waals surface area contributed by atoms with Crippen molar-refractivity contribution in [2.45, 2.75) is 45.4 Å². The first kappa shape index (κ1) is 16.2. The van der Waals surface area contributed by atoms with E-state index in [1.807, 2.05) is 45.0 Å². The number of nitrogens with two attached hydrogens (primary N) is 1. The Morgan fingerprint density at radius 1 is 1.24 bits per heavy atom. The van der Waals surface area contributed by atoms with Crippen molar-refractivity contribution in [2.24, 2.45) is 5.73 Å². The predicted octanol–water partition coefficient (Wildman–Crippen LogP) is 2.67. The lowest BCUT2D eigenvalue weighted by Crippen LogP contribution is -2.25. The summed E-state index contributed by atoms with van der Waals surface area (Å²) in [5.74, 6) is 0.830. The van der Waals surface area contributed by atoms with Gasteiger partial charge < -0.3 is 15.6 Å². The zero-order valence-electron chi connectivity index (χ0n) is 10.6. The molecular weight excluding hydrogens is 238 g/mol. The van der Waals surface area contributed by atoms with Gasteiger partial charge in [0.05, 0.1) is 18.2 Å². The first-order valence-electron chi connectivity index (χ1n) is 5.74. The third-order valence-electron chi connectivity index (χ3n) is 2.47. The molecule has 0 fully saturated rings. The summed E-state index contributed by atoms with van der Waals surface area (Å²) in [5.41, 5.74) is 6.85. The normalized spacial score (nSPS) is 14.0. The summed E-state index contributed by atoms with van der Waals surface area (Å²) < 4.78 is 5.53. The Morgan fingerprint density at radius 3 is 2.18 bits per heavy atom. The molecule has 98 valence electrons. The maximum Gasteiger partial charge on any atom is 0.119 e. The Kier molecular flexibility index (Phi) is 7.19. The topological polar surface area (TPSA) is 55.5 Å². The number of hydrogen-bond acceptors (Lipinski definition) is 3. The van der Waals surface area contributed by atoms with Crippen LogP contribution < -0.4 is 10.5 Å². The van der Waals surface area contributed by atoms with Crippen molar-refractivity contribution in [3.63, 3.8) is 0 Å². The van der Waals surface area contributed by atoms with Crippen molar-refractivity contribution in [2.75, 3.05) is 0 Å². The van der Waals surface area contributed by atoms with Crippen molar-refractivity contribution in [3.8, 4) is 5.75 Å². The highest BCUT2D eigenvalue weighted by Crippen LogP contribution is 2.20. The first-order chi connectivity index (χ1) is 7.54. The molecule has 2 atom stereocenters. The quantitative estimate of drug-likeness (QED) is 0.855. The van der Waals surface area contributed by atoms with E-state index in [0.29, 0.717) is 6.42 Å². The number of ether oxygens (including phenoxy) is 1. The summed E-state index contributed by atoms with van der Waals surface area (Å²) in [4.78, 5) is 0. The minimum Gasteiger partial charge on any atom is -0.491 e. The van der Waals surface area contributed by atoms with Crippen LogP contribution in [0.3, 0.4) is 0 Å². The zero-order chi connectivity index (χ0) is 12.1. The van der Waals surface area contributed by atoms with Crippen LogP contribution in [0.2, 0.25) is 0 Å². The molecular formula is C13H22ClNO2. The molecule has 1 rings (SSSR count). The van der Waals surface area contributed by atoms with E-state index in [2.05, 4.69) is 0 Å². The van der Waals surface area contributed by atoms with E-state index >= 15 is 0 Å². The molecule has 0 unspecified atom stereocenters. The molecule has 0 bridgehead atoms. The van der Waals surface area contributed by atoms with Crippen molar-refractivity contribution in [3.05, 3.63) is 29.8 Å². The Bertz CT molecular complexity index is 314. The van der Waals surface area contributed by atoms with Gasteiger partial charge in [0, 0.05) is 0 Å². The third-order valence-corrected chi connectivity index (χ3v) is 2.47. The number of benzene rings is 1. The molecule has 0 amide bonds. The van der Waals surface area contributed by atoms with E-state index in [4.69, 9.17) is 10.5 Å². The van der Waals surface area contributed by atoms with Gasteiger partial charge in [-0.05, 0) is 38.0 Å². The van der Waals surface area contributed by atoms with E-state index in [-0.39, 0.29) is 24.6 Å². The predicted molar refractivity (Wildman–Crippen MR) is 72.7 cm³/mol. The lowest BCUT2D eigenvalue weighted by Gasteiger charge is -2.18. The van der Waals surface area contributed by atoms with Crippen LogP contribution in [-0.4, -0.2) is 17.3 Å². The molecule has 0 saturated heterocycles. The summed E-state index contributed by atoms with van der Waals surface area (Å²) in [5, 5.41) is 9.64. The summed E-state index contributed by atoms with van der Waals surface area (Å²) >= 11 is 0. The molecule has 17 heavy (non-hydrogen) atoms.